The average Bonchev–Trinajstić information content (AvgIpc) is 2.64. The molecule has 2 N–H and O–H groups in total. The Labute approximate surface area is 136 Å². The number of anilines is 1. The van der Waals surface area contributed by atoms with Crippen molar-refractivity contribution in [3.63, 3.8) is 0 Å². The fourth-order valence-corrected chi connectivity index (χ4v) is 3.38. The van der Waals surface area contributed by atoms with Crippen molar-refractivity contribution in [2.45, 2.75) is 52.1 Å². The number of aromatic carboxylic acids is 1. The Morgan fingerprint density at radius 2 is 2.17 bits per heavy atom. The van der Waals surface area contributed by atoms with E-state index in [1.807, 2.05) is 4.68 Å². The summed E-state index contributed by atoms with van der Waals surface area (Å²) in [6, 6.07) is 0.110. The quantitative estimate of drug-likeness (QED) is 0.874. The molecule has 2 aliphatic rings. The molecule has 1 unspecified atom stereocenters. The fourth-order valence-electron chi connectivity index (χ4n) is 3.38. The number of nitrogens with zero attached hydrogens (tertiary/aromatic N) is 2. The number of aromatic nitrogens is 2. The van der Waals surface area contributed by atoms with E-state index < -0.39 is 5.97 Å². The maximum Gasteiger partial charge on any atom is 0.341 e. The summed E-state index contributed by atoms with van der Waals surface area (Å²) < 4.78 is 1.83. The van der Waals surface area contributed by atoms with Crippen LogP contribution in [0.5, 0.6) is 0 Å². The number of aryl methyl sites for hydroxylation is 1. The van der Waals surface area contributed by atoms with Crippen molar-refractivity contribution in [2.24, 2.45) is 0 Å². The molecule has 0 spiro atoms. The number of carboxylic acids is 1. The molecule has 23 heavy (non-hydrogen) atoms. The van der Waals surface area contributed by atoms with E-state index in [2.05, 4.69) is 55.5 Å². The minimum absolute atomic E-state index is 0.110. The third-order valence-corrected chi connectivity index (χ3v) is 4.64. The topological polar surface area (TPSA) is 67.2 Å². The molecule has 5 nitrogen and oxygen atoms in total. The zero-order valence-corrected chi connectivity index (χ0v) is 14.1. The van der Waals surface area contributed by atoms with Crippen LogP contribution in [-0.2, 0) is 5.54 Å². The standard InChI is InChI=1S/C18H23N3O2/c1-11-6-5-7-13(9-8-11)14-10-18(3,4)21-16(19-14)15(17(22)23)12(2)20-21/h5-8,14,19H,9-10H2,1-4H3,(H,22,23). The number of rotatable bonds is 2. The number of hydrogen-bond donors (Lipinski definition) is 2. The summed E-state index contributed by atoms with van der Waals surface area (Å²) in [5.74, 6) is -0.315. The highest BCUT2D eigenvalue weighted by atomic mass is 16.4. The van der Waals surface area contributed by atoms with Gasteiger partial charge in [0.2, 0.25) is 0 Å². The van der Waals surface area contributed by atoms with E-state index in [9.17, 15) is 9.90 Å². The van der Waals surface area contributed by atoms with E-state index in [4.69, 9.17) is 0 Å². The second kappa shape index (κ2) is 5.41. The van der Waals surface area contributed by atoms with E-state index in [-0.39, 0.29) is 17.1 Å². The lowest BCUT2D eigenvalue weighted by molar-refractivity contribution is 0.0697. The van der Waals surface area contributed by atoms with Gasteiger partial charge < -0.3 is 10.4 Å². The molecule has 5 heteroatoms. The predicted octanol–water partition coefficient (Wildman–Crippen LogP) is 3.64. The van der Waals surface area contributed by atoms with Crippen LogP contribution >= 0.6 is 0 Å². The lowest BCUT2D eigenvalue weighted by Gasteiger charge is -2.39. The molecule has 3 rings (SSSR count). The first-order valence-electron chi connectivity index (χ1n) is 7.93. The molecule has 2 heterocycles. The lowest BCUT2D eigenvalue weighted by Crippen LogP contribution is -2.42. The number of hydrogen-bond acceptors (Lipinski definition) is 3. The number of nitrogens with one attached hydrogen (secondary N) is 1. The number of carbonyl (C=O) groups is 1. The Bertz CT molecular complexity index is 748. The first-order chi connectivity index (χ1) is 10.8. The van der Waals surface area contributed by atoms with Crippen molar-refractivity contribution in [1.82, 2.24) is 9.78 Å². The highest BCUT2D eigenvalue weighted by molar-refractivity contribution is 5.95. The van der Waals surface area contributed by atoms with Crippen molar-refractivity contribution >= 4 is 11.8 Å². The van der Waals surface area contributed by atoms with Gasteiger partial charge in [-0.25, -0.2) is 9.48 Å². The van der Waals surface area contributed by atoms with Crippen LogP contribution in [0.3, 0.4) is 0 Å². The van der Waals surface area contributed by atoms with Gasteiger partial charge in [0.1, 0.15) is 11.4 Å². The Balaban J connectivity index is 2.02. The molecular formula is C18H23N3O2. The van der Waals surface area contributed by atoms with Gasteiger partial charge in [0.15, 0.2) is 0 Å². The Kier molecular flexibility index (Phi) is 3.66. The van der Waals surface area contributed by atoms with Crippen LogP contribution in [0, 0.1) is 6.92 Å². The molecule has 0 radical (unpaired) electrons. The van der Waals surface area contributed by atoms with Gasteiger partial charge in [-0.1, -0.05) is 29.9 Å². The zero-order chi connectivity index (χ0) is 16.8. The molecule has 0 fully saturated rings. The smallest absolute Gasteiger partial charge is 0.341 e. The van der Waals surface area contributed by atoms with Gasteiger partial charge in [0, 0.05) is 0 Å². The molecule has 1 aliphatic carbocycles. The van der Waals surface area contributed by atoms with Crippen LogP contribution < -0.4 is 5.32 Å². The van der Waals surface area contributed by atoms with Crippen LogP contribution in [0.25, 0.3) is 0 Å². The summed E-state index contributed by atoms with van der Waals surface area (Å²) in [4.78, 5) is 11.6. The van der Waals surface area contributed by atoms with Crippen molar-refractivity contribution < 1.29 is 9.90 Å². The zero-order valence-electron chi connectivity index (χ0n) is 14.1. The summed E-state index contributed by atoms with van der Waals surface area (Å²) in [6.07, 6.45) is 10.3. The molecule has 0 amide bonds. The minimum atomic E-state index is -0.932. The molecule has 122 valence electrons. The lowest BCUT2D eigenvalue weighted by atomic mass is 9.87. The second-order valence-corrected chi connectivity index (χ2v) is 6.99. The average molecular weight is 313 g/mol. The maximum absolute atomic E-state index is 11.6. The molecular weight excluding hydrogens is 290 g/mol. The van der Waals surface area contributed by atoms with Gasteiger partial charge in [-0.15, -0.1) is 0 Å². The molecule has 0 bridgehead atoms. The largest absolute Gasteiger partial charge is 0.477 e. The molecule has 1 aromatic heterocycles. The van der Waals surface area contributed by atoms with Gasteiger partial charge in [0.25, 0.3) is 0 Å². The first-order valence-corrected chi connectivity index (χ1v) is 7.93. The summed E-state index contributed by atoms with van der Waals surface area (Å²) in [6.45, 7) is 8.06. The predicted molar refractivity (Wildman–Crippen MR) is 90.9 cm³/mol. The fraction of sp³-hybridized carbons (Fsp3) is 0.444. The minimum Gasteiger partial charge on any atom is -0.477 e. The van der Waals surface area contributed by atoms with E-state index in [0.717, 1.165) is 12.8 Å². The van der Waals surface area contributed by atoms with Gasteiger partial charge in [-0.05, 0) is 46.1 Å². The Morgan fingerprint density at radius 3 is 2.87 bits per heavy atom. The first kappa shape index (κ1) is 15.6. The van der Waals surface area contributed by atoms with E-state index in [1.54, 1.807) is 6.92 Å². The molecule has 0 aromatic carbocycles. The number of carboxylic acid groups (broad SMARTS) is 1. The maximum atomic E-state index is 11.6. The van der Waals surface area contributed by atoms with Crippen molar-refractivity contribution in [1.29, 1.82) is 0 Å². The van der Waals surface area contributed by atoms with E-state index in [0.29, 0.717) is 11.5 Å². The Morgan fingerprint density at radius 1 is 1.43 bits per heavy atom. The second-order valence-electron chi connectivity index (χ2n) is 6.99. The summed E-state index contributed by atoms with van der Waals surface area (Å²) in [5.41, 5.74) is 3.11. The summed E-state index contributed by atoms with van der Waals surface area (Å²) in [7, 11) is 0. The molecule has 0 saturated carbocycles. The van der Waals surface area contributed by atoms with Crippen LogP contribution in [0.1, 0.15) is 49.7 Å². The van der Waals surface area contributed by atoms with Gasteiger partial charge in [0.05, 0.1) is 17.3 Å². The third kappa shape index (κ3) is 2.71. The highest BCUT2D eigenvalue weighted by Crippen LogP contribution is 2.38. The number of fused-ring (bicyclic) bond motifs is 1. The van der Waals surface area contributed by atoms with Crippen LogP contribution in [0.4, 0.5) is 5.82 Å². The Hall–Kier alpha value is -2.30. The van der Waals surface area contributed by atoms with Crippen molar-refractivity contribution in [3.8, 4) is 0 Å². The summed E-state index contributed by atoms with van der Waals surface area (Å²) >= 11 is 0. The van der Waals surface area contributed by atoms with E-state index >= 15 is 0 Å². The van der Waals surface area contributed by atoms with Crippen molar-refractivity contribution in [2.75, 3.05) is 5.32 Å². The summed E-state index contributed by atoms with van der Waals surface area (Å²) in [5, 5.41) is 17.4. The SMILES string of the molecule is CC1=CCC(C2CC(C)(C)n3nc(C)c(C(=O)O)c3N2)=CC=C1. The van der Waals surface area contributed by atoms with Crippen LogP contribution in [0.2, 0.25) is 0 Å². The van der Waals surface area contributed by atoms with Gasteiger partial charge in [-0.2, -0.15) is 5.10 Å². The number of allylic oxidation sites excluding steroid dienone is 5. The molecule has 0 saturated heterocycles. The van der Waals surface area contributed by atoms with Gasteiger partial charge >= 0.3 is 5.97 Å². The molecule has 1 atom stereocenters. The van der Waals surface area contributed by atoms with Crippen LogP contribution in [-0.4, -0.2) is 26.9 Å². The molecule has 1 aliphatic heterocycles. The highest BCUT2D eigenvalue weighted by Gasteiger charge is 2.38. The van der Waals surface area contributed by atoms with Crippen molar-refractivity contribution in [3.05, 3.63) is 46.7 Å². The molecule has 1 aromatic rings. The normalized spacial score (nSPS) is 22.5. The van der Waals surface area contributed by atoms with E-state index in [1.165, 1.54) is 11.1 Å². The third-order valence-electron chi connectivity index (χ3n) is 4.64. The van der Waals surface area contributed by atoms with Gasteiger partial charge in [-0.3, -0.25) is 0 Å². The van der Waals surface area contributed by atoms with Crippen LogP contribution in [0.15, 0.2) is 35.5 Å². The monoisotopic (exact) mass is 313 g/mol.